The minimum absolute atomic E-state index is 1.05. The molecule has 2 heteroatoms. The van der Waals surface area contributed by atoms with Crippen LogP contribution in [0, 0.1) is 6.92 Å². The van der Waals surface area contributed by atoms with Gasteiger partial charge in [0, 0.05) is 5.56 Å². The van der Waals surface area contributed by atoms with Gasteiger partial charge in [-0.1, -0.05) is 36.4 Å². The molecule has 0 spiro atoms. The van der Waals surface area contributed by atoms with Gasteiger partial charge in [0.1, 0.15) is 0 Å². The van der Waals surface area contributed by atoms with Crippen LogP contribution in [0.15, 0.2) is 53.6 Å². The lowest BCUT2D eigenvalue weighted by Crippen LogP contribution is -2.13. The normalized spacial score (nSPS) is 16.2. The first-order valence-electron chi connectivity index (χ1n) is 6.80. The SMILES string of the molecule is Cc1cccc(NN=C2CCCc3ccccc32)c1. The molecule has 0 bridgehead atoms. The Bertz CT molecular complexity index is 614. The van der Waals surface area contributed by atoms with E-state index < -0.39 is 0 Å². The Hall–Kier alpha value is -2.09. The Labute approximate surface area is 114 Å². The molecular formula is C17H18N2. The maximum atomic E-state index is 4.60. The van der Waals surface area contributed by atoms with Gasteiger partial charge in [-0.25, -0.2) is 0 Å². The smallest absolute Gasteiger partial charge is 0.0682 e. The van der Waals surface area contributed by atoms with Gasteiger partial charge in [0.05, 0.1) is 11.4 Å². The van der Waals surface area contributed by atoms with Crippen molar-refractivity contribution in [3.8, 4) is 0 Å². The lowest BCUT2D eigenvalue weighted by atomic mass is 9.90. The van der Waals surface area contributed by atoms with Gasteiger partial charge in [-0.2, -0.15) is 5.10 Å². The summed E-state index contributed by atoms with van der Waals surface area (Å²) in [5.41, 5.74) is 9.37. The lowest BCUT2D eigenvalue weighted by Gasteiger charge is -2.17. The molecular weight excluding hydrogens is 232 g/mol. The largest absolute Gasteiger partial charge is 0.278 e. The van der Waals surface area contributed by atoms with E-state index in [9.17, 15) is 0 Å². The van der Waals surface area contributed by atoms with Crippen molar-refractivity contribution in [3.63, 3.8) is 0 Å². The zero-order valence-corrected chi connectivity index (χ0v) is 11.2. The molecule has 1 aliphatic rings. The summed E-state index contributed by atoms with van der Waals surface area (Å²) in [7, 11) is 0. The molecule has 19 heavy (non-hydrogen) atoms. The highest BCUT2D eigenvalue weighted by atomic mass is 15.3. The van der Waals surface area contributed by atoms with Crippen LogP contribution in [0.3, 0.4) is 0 Å². The van der Waals surface area contributed by atoms with E-state index in [4.69, 9.17) is 0 Å². The van der Waals surface area contributed by atoms with Crippen LogP contribution in [0.1, 0.15) is 29.5 Å². The Morgan fingerprint density at radius 1 is 1.00 bits per heavy atom. The fraction of sp³-hybridized carbons (Fsp3) is 0.235. The van der Waals surface area contributed by atoms with Gasteiger partial charge < -0.3 is 0 Å². The number of rotatable bonds is 2. The highest BCUT2D eigenvalue weighted by molar-refractivity contribution is 6.03. The first-order chi connectivity index (χ1) is 9.33. The molecule has 0 saturated heterocycles. The molecule has 1 aliphatic carbocycles. The maximum Gasteiger partial charge on any atom is 0.0682 e. The first-order valence-corrected chi connectivity index (χ1v) is 6.80. The van der Waals surface area contributed by atoms with E-state index in [1.165, 1.54) is 35.2 Å². The number of aryl methyl sites for hydroxylation is 2. The van der Waals surface area contributed by atoms with E-state index in [1.807, 2.05) is 12.1 Å². The summed E-state index contributed by atoms with van der Waals surface area (Å²) in [6, 6.07) is 16.9. The number of fused-ring (bicyclic) bond motifs is 1. The van der Waals surface area contributed by atoms with Gasteiger partial charge in [-0.15, -0.1) is 0 Å². The van der Waals surface area contributed by atoms with E-state index in [0.29, 0.717) is 0 Å². The summed E-state index contributed by atoms with van der Waals surface area (Å²) in [5, 5.41) is 4.60. The van der Waals surface area contributed by atoms with Gasteiger partial charge in [0.2, 0.25) is 0 Å². The molecule has 0 aliphatic heterocycles. The molecule has 0 saturated carbocycles. The van der Waals surface area contributed by atoms with Gasteiger partial charge in [0.15, 0.2) is 0 Å². The second-order valence-corrected chi connectivity index (χ2v) is 5.05. The Morgan fingerprint density at radius 3 is 2.79 bits per heavy atom. The van der Waals surface area contributed by atoms with Crippen molar-refractivity contribution >= 4 is 11.4 Å². The number of hydrazone groups is 1. The fourth-order valence-electron chi connectivity index (χ4n) is 2.56. The number of hydrogen-bond acceptors (Lipinski definition) is 2. The number of nitrogens with one attached hydrogen (secondary N) is 1. The van der Waals surface area contributed by atoms with Crippen LogP contribution in [-0.4, -0.2) is 5.71 Å². The average Bonchev–Trinajstić information content (AvgIpc) is 2.45. The van der Waals surface area contributed by atoms with Crippen LogP contribution in [0.5, 0.6) is 0 Å². The average molecular weight is 250 g/mol. The Balaban J connectivity index is 1.85. The second kappa shape index (κ2) is 5.27. The molecule has 0 radical (unpaired) electrons. The molecule has 0 aromatic heterocycles. The van der Waals surface area contributed by atoms with Crippen LogP contribution in [-0.2, 0) is 6.42 Å². The number of hydrogen-bond donors (Lipinski definition) is 1. The molecule has 1 N–H and O–H groups in total. The molecule has 96 valence electrons. The van der Waals surface area contributed by atoms with Crippen molar-refractivity contribution in [2.45, 2.75) is 26.2 Å². The number of nitrogens with zero attached hydrogens (tertiary/aromatic N) is 1. The van der Waals surface area contributed by atoms with E-state index in [0.717, 1.165) is 12.1 Å². The van der Waals surface area contributed by atoms with E-state index in [-0.39, 0.29) is 0 Å². The van der Waals surface area contributed by atoms with Crippen molar-refractivity contribution in [1.82, 2.24) is 0 Å². The minimum Gasteiger partial charge on any atom is -0.278 e. The predicted octanol–water partition coefficient (Wildman–Crippen LogP) is 4.15. The standard InChI is InChI=1S/C17H18N2/c1-13-6-4-9-15(12-13)18-19-17-11-5-8-14-7-2-3-10-16(14)17/h2-4,6-7,9-10,12,18H,5,8,11H2,1H3. The monoisotopic (exact) mass is 250 g/mol. The van der Waals surface area contributed by atoms with Crippen LogP contribution >= 0.6 is 0 Å². The topological polar surface area (TPSA) is 24.4 Å². The third kappa shape index (κ3) is 2.68. The second-order valence-electron chi connectivity index (χ2n) is 5.05. The van der Waals surface area contributed by atoms with E-state index in [1.54, 1.807) is 0 Å². The Kier molecular flexibility index (Phi) is 3.32. The van der Waals surface area contributed by atoms with Crippen LogP contribution < -0.4 is 5.43 Å². The van der Waals surface area contributed by atoms with Crippen molar-refractivity contribution < 1.29 is 0 Å². The Morgan fingerprint density at radius 2 is 1.89 bits per heavy atom. The minimum atomic E-state index is 1.05. The van der Waals surface area contributed by atoms with Gasteiger partial charge in [0.25, 0.3) is 0 Å². The number of benzene rings is 2. The van der Waals surface area contributed by atoms with Crippen LogP contribution in [0.2, 0.25) is 0 Å². The van der Waals surface area contributed by atoms with Gasteiger partial charge in [-0.05, 0) is 49.4 Å². The molecule has 0 fully saturated rings. The molecule has 2 aromatic carbocycles. The number of anilines is 1. The van der Waals surface area contributed by atoms with Crippen LogP contribution in [0.25, 0.3) is 0 Å². The quantitative estimate of drug-likeness (QED) is 0.796. The third-order valence-corrected chi connectivity index (χ3v) is 3.53. The van der Waals surface area contributed by atoms with Crippen molar-refractivity contribution in [1.29, 1.82) is 0 Å². The molecule has 0 unspecified atom stereocenters. The third-order valence-electron chi connectivity index (χ3n) is 3.53. The van der Waals surface area contributed by atoms with Gasteiger partial charge in [-0.3, -0.25) is 5.43 Å². The fourth-order valence-corrected chi connectivity index (χ4v) is 2.56. The lowest BCUT2D eigenvalue weighted by molar-refractivity contribution is 0.837. The summed E-state index contributed by atoms with van der Waals surface area (Å²) < 4.78 is 0. The van der Waals surface area contributed by atoms with Crippen LogP contribution in [0.4, 0.5) is 5.69 Å². The van der Waals surface area contributed by atoms with Crippen molar-refractivity contribution in [2.24, 2.45) is 5.10 Å². The molecule has 0 heterocycles. The summed E-state index contributed by atoms with van der Waals surface area (Å²) >= 11 is 0. The summed E-state index contributed by atoms with van der Waals surface area (Å²) in [6.45, 7) is 2.09. The molecule has 2 aromatic rings. The van der Waals surface area contributed by atoms with Crippen molar-refractivity contribution in [3.05, 3.63) is 65.2 Å². The zero-order chi connectivity index (χ0) is 13.1. The summed E-state index contributed by atoms with van der Waals surface area (Å²) in [5.74, 6) is 0. The van der Waals surface area contributed by atoms with Crippen molar-refractivity contribution in [2.75, 3.05) is 5.43 Å². The first kappa shape index (κ1) is 12.0. The maximum absolute atomic E-state index is 4.60. The van der Waals surface area contributed by atoms with Gasteiger partial charge >= 0.3 is 0 Å². The highest BCUT2D eigenvalue weighted by Crippen LogP contribution is 2.21. The van der Waals surface area contributed by atoms with E-state index >= 15 is 0 Å². The molecule has 0 amide bonds. The molecule has 0 atom stereocenters. The summed E-state index contributed by atoms with van der Waals surface area (Å²) in [4.78, 5) is 0. The highest BCUT2D eigenvalue weighted by Gasteiger charge is 2.14. The molecule has 2 nitrogen and oxygen atoms in total. The zero-order valence-electron chi connectivity index (χ0n) is 11.2. The summed E-state index contributed by atoms with van der Waals surface area (Å²) in [6.07, 6.45) is 3.40. The van der Waals surface area contributed by atoms with E-state index in [2.05, 4.69) is 53.8 Å². The predicted molar refractivity (Wildman–Crippen MR) is 80.7 cm³/mol. The molecule has 3 rings (SSSR count).